The van der Waals surface area contributed by atoms with Crippen LogP contribution in [0.3, 0.4) is 0 Å². The number of Topliss-reactive ketones (excluding diaryl/α,β-unsaturated/α-hetero) is 1. The zero-order chi connectivity index (χ0) is 25.4. The van der Waals surface area contributed by atoms with E-state index in [1.165, 1.54) is 0 Å². The molecule has 0 radical (unpaired) electrons. The molecule has 0 saturated heterocycles. The van der Waals surface area contributed by atoms with Gasteiger partial charge in [-0.1, -0.05) is 53.7 Å². The van der Waals surface area contributed by atoms with Crippen molar-refractivity contribution in [1.82, 2.24) is 14.5 Å². The Hall–Kier alpha value is -3.55. The van der Waals surface area contributed by atoms with Gasteiger partial charge in [0, 0.05) is 29.8 Å². The summed E-state index contributed by atoms with van der Waals surface area (Å²) >= 11 is 0. The van der Waals surface area contributed by atoms with E-state index >= 15 is 0 Å². The molecule has 0 bridgehead atoms. The Morgan fingerprint density at radius 2 is 1.44 bits per heavy atom. The summed E-state index contributed by atoms with van der Waals surface area (Å²) in [6.45, 7) is 12.4. The van der Waals surface area contributed by atoms with E-state index in [-0.39, 0.29) is 47.6 Å². The van der Waals surface area contributed by atoms with Crippen LogP contribution in [0.15, 0.2) is 36.4 Å². The van der Waals surface area contributed by atoms with Crippen molar-refractivity contribution in [3.63, 3.8) is 0 Å². The maximum Gasteiger partial charge on any atom is 0.404 e. The molecule has 8 nitrogen and oxygen atoms in total. The lowest BCUT2D eigenvalue weighted by atomic mass is 9.78. The average molecular weight is 467 g/mol. The first-order valence-corrected chi connectivity index (χ1v) is 11.3. The van der Waals surface area contributed by atoms with Crippen LogP contribution in [0.1, 0.15) is 63.0 Å². The minimum Gasteiger partial charge on any atom is -0.507 e. The molecule has 0 fully saturated rings. The van der Waals surface area contributed by atoms with E-state index in [1.54, 1.807) is 21.3 Å². The lowest BCUT2D eigenvalue weighted by Crippen LogP contribution is -2.32. The normalized spacial score (nSPS) is 12.2. The number of phenols is 1. The monoisotopic (exact) mass is 466 g/mol. The van der Waals surface area contributed by atoms with Gasteiger partial charge in [0.2, 0.25) is 5.62 Å². The van der Waals surface area contributed by atoms with E-state index in [1.807, 2.05) is 65.8 Å². The number of nitrogens with one attached hydrogen (secondary N) is 2. The Bertz CT molecular complexity index is 1270. The quantitative estimate of drug-likeness (QED) is 0.403. The summed E-state index contributed by atoms with van der Waals surface area (Å²) in [5.41, 5.74) is 2.79. The zero-order valence-electron chi connectivity index (χ0n) is 20.7. The fourth-order valence-corrected chi connectivity index (χ4v) is 4.13. The predicted octanol–water partition coefficient (Wildman–Crippen LogP) is 4.37. The van der Waals surface area contributed by atoms with Gasteiger partial charge in [-0.25, -0.2) is 4.79 Å². The molecule has 0 aliphatic rings. The van der Waals surface area contributed by atoms with Crippen molar-refractivity contribution >= 4 is 22.9 Å². The second-order valence-electron chi connectivity index (χ2n) is 10.6. The minimum absolute atomic E-state index is 0.0450. The number of carboxylic acid groups (broad SMARTS) is 1. The van der Waals surface area contributed by atoms with Gasteiger partial charge in [0.05, 0.1) is 17.6 Å². The summed E-state index contributed by atoms with van der Waals surface area (Å²) in [5.74, 6) is 0.0500. The summed E-state index contributed by atoms with van der Waals surface area (Å²) in [6, 6.07) is 10.9. The number of imidazole rings is 1. The number of carbonyl (C=O) groups excluding carboxylic acids is 1. The number of carbonyl (C=O) groups is 2. The maximum absolute atomic E-state index is 13.5. The van der Waals surface area contributed by atoms with Crippen LogP contribution in [0.5, 0.6) is 5.75 Å². The molecule has 8 heteroatoms. The Morgan fingerprint density at radius 1 is 0.941 bits per heavy atom. The van der Waals surface area contributed by atoms with E-state index in [0.717, 1.165) is 11.0 Å². The fourth-order valence-electron chi connectivity index (χ4n) is 4.13. The summed E-state index contributed by atoms with van der Waals surface area (Å²) in [4.78, 5) is 24.3. The number of amides is 1. The van der Waals surface area contributed by atoms with Crippen molar-refractivity contribution in [1.29, 1.82) is 5.41 Å². The average Bonchev–Trinajstić information content (AvgIpc) is 2.98. The number of rotatable bonds is 6. The molecule has 2 aromatic carbocycles. The van der Waals surface area contributed by atoms with Crippen LogP contribution < -0.4 is 10.9 Å². The largest absolute Gasteiger partial charge is 0.507 e. The van der Waals surface area contributed by atoms with Crippen molar-refractivity contribution in [2.75, 3.05) is 6.54 Å². The van der Waals surface area contributed by atoms with Crippen LogP contribution >= 0.6 is 0 Å². The van der Waals surface area contributed by atoms with Gasteiger partial charge in [0.25, 0.3) is 0 Å². The highest BCUT2D eigenvalue weighted by Crippen LogP contribution is 2.40. The molecule has 34 heavy (non-hydrogen) atoms. The topological polar surface area (TPSA) is 120 Å². The number of benzene rings is 2. The van der Waals surface area contributed by atoms with Crippen molar-refractivity contribution in [3.05, 3.63) is 58.7 Å². The molecule has 1 aromatic heterocycles. The summed E-state index contributed by atoms with van der Waals surface area (Å²) in [5, 5.41) is 30.8. The molecule has 0 aliphatic heterocycles. The first-order chi connectivity index (χ1) is 15.7. The van der Waals surface area contributed by atoms with E-state index < -0.39 is 6.09 Å². The molecule has 0 saturated carbocycles. The third-order valence-corrected chi connectivity index (χ3v) is 5.94. The van der Waals surface area contributed by atoms with Crippen LogP contribution in [0.25, 0.3) is 11.0 Å². The van der Waals surface area contributed by atoms with Gasteiger partial charge in [0.1, 0.15) is 5.75 Å². The Balaban J connectivity index is 2.07. The van der Waals surface area contributed by atoms with Gasteiger partial charge < -0.3 is 24.7 Å². The lowest BCUT2D eigenvalue weighted by Gasteiger charge is -2.28. The smallest absolute Gasteiger partial charge is 0.404 e. The molecule has 1 heterocycles. The summed E-state index contributed by atoms with van der Waals surface area (Å²) < 4.78 is 3.33. The SMILES string of the molecule is CC(C)(C)c1cc(C(=O)Cn2c(=N)n(CCNC(=O)O)c3ccccc32)cc(C(C)(C)C)c1O. The molecular weight excluding hydrogens is 432 g/mol. The number of aromatic hydroxyl groups is 1. The van der Waals surface area contributed by atoms with Crippen LogP contribution in [0, 0.1) is 5.41 Å². The molecule has 1 amide bonds. The number of ketones is 1. The molecular formula is C26H34N4O4. The molecule has 0 atom stereocenters. The summed E-state index contributed by atoms with van der Waals surface area (Å²) in [6.07, 6.45) is -1.12. The van der Waals surface area contributed by atoms with E-state index in [9.17, 15) is 14.7 Å². The zero-order valence-corrected chi connectivity index (χ0v) is 20.7. The maximum atomic E-state index is 13.5. The van der Waals surface area contributed by atoms with E-state index in [0.29, 0.717) is 16.7 Å². The third-order valence-electron chi connectivity index (χ3n) is 5.94. The molecule has 0 unspecified atom stereocenters. The van der Waals surface area contributed by atoms with Crippen molar-refractivity contribution < 1.29 is 19.8 Å². The number of para-hydroxylation sites is 2. The van der Waals surface area contributed by atoms with Crippen LogP contribution in [-0.2, 0) is 23.9 Å². The highest BCUT2D eigenvalue weighted by atomic mass is 16.4. The standard InChI is InChI=1S/C26H34N4O4/c1-25(2,3)17-13-16(14-18(22(17)32)26(4,5)6)21(31)15-30-20-10-8-7-9-19(20)29(23(30)27)12-11-28-24(33)34/h7-10,13-14,27-28,32H,11-12,15H2,1-6H3,(H,33,34). The molecule has 0 spiro atoms. The van der Waals surface area contributed by atoms with E-state index in [4.69, 9.17) is 10.5 Å². The minimum atomic E-state index is -1.12. The van der Waals surface area contributed by atoms with Crippen LogP contribution in [0.2, 0.25) is 0 Å². The predicted molar refractivity (Wildman–Crippen MR) is 132 cm³/mol. The first-order valence-electron chi connectivity index (χ1n) is 11.3. The first kappa shape index (κ1) is 25.1. The van der Waals surface area contributed by atoms with Gasteiger partial charge in [-0.2, -0.15) is 0 Å². The molecule has 3 rings (SSSR count). The number of aromatic nitrogens is 2. The third kappa shape index (κ3) is 5.00. The van der Waals surface area contributed by atoms with Crippen LogP contribution in [0.4, 0.5) is 4.79 Å². The van der Waals surface area contributed by atoms with Crippen LogP contribution in [-0.4, -0.2) is 37.8 Å². The number of nitrogens with zero attached hydrogens (tertiary/aromatic N) is 2. The van der Waals surface area contributed by atoms with Crippen molar-refractivity contribution in [2.45, 2.75) is 65.5 Å². The molecule has 3 aromatic rings. The Labute approximate surface area is 199 Å². The number of hydrogen-bond acceptors (Lipinski definition) is 4. The number of phenolic OH excluding ortho intramolecular Hbond substituents is 1. The second-order valence-corrected chi connectivity index (χ2v) is 10.6. The number of fused-ring (bicyclic) bond motifs is 1. The molecule has 182 valence electrons. The molecule has 4 N–H and O–H groups in total. The van der Waals surface area contributed by atoms with Gasteiger partial charge in [-0.3, -0.25) is 10.2 Å². The van der Waals surface area contributed by atoms with Crippen molar-refractivity contribution in [3.8, 4) is 5.75 Å². The highest BCUT2D eigenvalue weighted by Gasteiger charge is 2.28. The number of hydrogen-bond donors (Lipinski definition) is 4. The Morgan fingerprint density at radius 3 is 1.91 bits per heavy atom. The fraction of sp³-hybridized carbons (Fsp3) is 0.423. The Kier molecular flexibility index (Phi) is 6.64. The van der Waals surface area contributed by atoms with Gasteiger partial charge in [-0.05, 0) is 35.1 Å². The summed E-state index contributed by atoms with van der Waals surface area (Å²) in [7, 11) is 0. The van der Waals surface area contributed by atoms with Gasteiger partial charge >= 0.3 is 6.09 Å². The van der Waals surface area contributed by atoms with Gasteiger partial charge in [0.15, 0.2) is 5.78 Å². The lowest BCUT2D eigenvalue weighted by molar-refractivity contribution is 0.0971. The molecule has 0 aliphatic carbocycles. The van der Waals surface area contributed by atoms with Crippen molar-refractivity contribution in [2.24, 2.45) is 0 Å². The highest BCUT2D eigenvalue weighted by molar-refractivity contribution is 5.97. The second kappa shape index (κ2) is 9.00. The van der Waals surface area contributed by atoms with E-state index in [2.05, 4.69) is 5.32 Å². The van der Waals surface area contributed by atoms with Gasteiger partial charge in [-0.15, -0.1) is 0 Å².